The van der Waals surface area contributed by atoms with Gasteiger partial charge >= 0.3 is 5.97 Å². The lowest BCUT2D eigenvalue weighted by atomic mass is 9.85. The number of benzene rings is 2. The SMILES string of the molecule is CCOC(=O)c1ccc(C)cc1[C@@H]1CN(Cc2ccccc2)C[C@H]1CO. The van der Waals surface area contributed by atoms with Gasteiger partial charge in [-0.2, -0.15) is 0 Å². The van der Waals surface area contributed by atoms with E-state index in [1.54, 1.807) is 0 Å². The average Bonchev–Trinajstić information content (AvgIpc) is 3.05. The molecule has 0 unspecified atom stereocenters. The predicted molar refractivity (Wildman–Crippen MR) is 102 cm³/mol. The van der Waals surface area contributed by atoms with Gasteiger partial charge in [-0.25, -0.2) is 4.79 Å². The summed E-state index contributed by atoms with van der Waals surface area (Å²) in [5.74, 6) is -0.0302. The summed E-state index contributed by atoms with van der Waals surface area (Å²) in [6, 6.07) is 16.2. The van der Waals surface area contributed by atoms with Gasteiger partial charge < -0.3 is 9.84 Å². The van der Waals surface area contributed by atoms with Gasteiger partial charge in [-0.3, -0.25) is 4.90 Å². The minimum absolute atomic E-state index is 0.117. The molecule has 2 atom stereocenters. The molecule has 138 valence electrons. The van der Waals surface area contributed by atoms with Crippen molar-refractivity contribution in [2.24, 2.45) is 5.92 Å². The molecule has 0 radical (unpaired) electrons. The first-order valence-electron chi connectivity index (χ1n) is 9.27. The Morgan fingerprint density at radius 3 is 2.65 bits per heavy atom. The van der Waals surface area contributed by atoms with Crippen LogP contribution >= 0.6 is 0 Å². The van der Waals surface area contributed by atoms with Crippen molar-refractivity contribution in [1.29, 1.82) is 0 Å². The Labute approximate surface area is 155 Å². The fraction of sp³-hybridized carbons (Fsp3) is 0.409. The van der Waals surface area contributed by atoms with E-state index >= 15 is 0 Å². The molecule has 0 aliphatic carbocycles. The van der Waals surface area contributed by atoms with E-state index in [2.05, 4.69) is 23.1 Å². The number of likely N-dealkylation sites (tertiary alicyclic amines) is 1. The summed E-state index contributed by atoms with van der Waals surface area (Å²) in [4.78, 5) is 14.8. The van der Waals surface area contributed by atoms with E-state index in [0.717, 1.165) is 30.8 Å². The van der Waals surface area contributed by atoms with E-state index in [9.17, 15) is 9.90 Å². The maximum atomic E-state index is 12.4. The summed E-state index contributed by atoms with van der Waals surface area (Å²) in [6.45, 7) is 6.84. The lowest BCUT2D eigenvalue weighted by Crippen LogP contribution is -2.20. The van der Waals surface area contributed by atoms with Crippen LogP contribution in [0.5, 0.6) is 0 Å². The van der Waals surface area contributed by atoms with E-state index < -0.39 is 0 Å². The molecule has 3 rings (SSSR count). The predicted octanol–water partition coefficient (Wildman–Crippen LogP) is 3.38. The Kier molecular flexibility index (Phi) is 6.07. The zero-order chi connectivity index (χ0) is 18.5. The zero-order valence-electron chi connectivity index (χ0n) is 15.5. The third kappa shape index (κ3) is 4.14. The van der Waals surface area contributed by atoms with E-state index in [0.29, 0.717) is 12.2 Å². The van der Waals surface area contributed by atoms with Crippen molar-refractivity contribution in [3.05, 3.63) is 70.8 Å². The van der Waals surface area contributed by atoms with Gasteiger partial charge in [0.1, 0.15) is 0 Å². The molecule has 2 aromatic carbocycles. The Bertz CT molecular complexity index is 744. The van der Waals surface area contributed by atoms with Gasteiger partial charge in [0.15, 0.2) is 0 Å². The largest absolute Gasteiger partial charge is 0.462 e. The number of aryl methyl sites for hydroxylation is 1. The van der Waals surface area contributed by atoms with Crippen LogP contribution in [0.1, 0.15) is 39.9 Å². The van der Waals surface area contributed by atoms with Gasteiger partial charge in [0.25, 0.3) is 0 Å². The van der Waals surface area contributed by atoms with Crippen molar-refractivity contribution in [2.45, 2.75) is 26.3 Å². The normalized spacial score (nSPS) is 20.3. The Morgan fingerprint density at radius 2 is 1.96 bits per heavy atom. The summed E-state index contributed by atoms with van der Waals surface area (Å²) in [7, 11) is 0. The number of aliphatic hydroxyl groups excluding tert-OH is 1. The molecular formula is C22H27NO3. The summed E-state index contributed by atoms with van der Waals surface area (Å²) in [5, 5.41) is 9.94. The second kappa shape index (κ2) is 8.47. The Hall–Kier alpha value is -2.17. The van der Waals surface area contributed by atoms with Crippen LogP contribution < -0.4 is 0 Å². The summed E-state index contributed by atoms with van der Waals surface area (Å²) in [5.41, 5.74) is 4.01. The smallest absolute Gasteiger partial charge is 0.338 e. The topological polar surface area (TPSA) is 49.8 Å². The maximum absolute atomic E-state index is 12.4. The quantitative estimate of drug-likeness (QED) is 0.809. The van der Waals surface area contributed by atoms with E-state index in [-0.39, 0.29) is 24.4 Å². The molecule has 0 spiro atoms. The van der Waals surface area contributed by atoms with E-state index in [4.69, 9.17) is 4.74 Å². The van der Waals surface area contributed by atoms with Crippen LogP contribution in [0.15, 0.2) is 48.5 Å². The minimum atomic E-state index is -0.277. The van der Waals surface area contributed by atoms with Crippen LogP contribution in [-0.4, -0.2) is 42.3 Å². The molecule has 0 bridgehead atoms. The highest BCUT2D eigenvalue weighted by Crippen LogP contribution is 2.35. The van der Waals surface area contributed by atoms with Crippen LogP contribution in [0.3, 0.4) is 0 Å². The molecule has 1 N–H and O–H groups in total. The fourth-order valence-electron chi connectivity index (χ4n) is 3.85. The number of aliphatic hydroxyl groups is 1. The second-order valence-electron chi connectivity index (χ2n) is 7.04. The molecule has 4 heteroatoms. The lowest BCUT2D eigenvalue weighted by Gasteiger charge is -2.20. The number of hydrogen-bond donors (Lipinski definition) is 1. The highest BCUT2D eigenvalue weighted by Gasteiger charge is 2.35. The third-order valence-electron chi connectivity index (χ3n) is 5.10. The molecular weight excluding hydrogens is 326 g/mol. The van der Waals surface area contributed by atoms with Crippen LogP contribution in [0.4, 0.5) is 0 Å². The number of rotatable bonds is 6. The van der Waals surface area contributed by atoms with E-state index in [1.807, 2.05) is 44.2 Å². The average molecular weight is 353 g/mol. The molecule has 1 heterocycles. The minimum Gasteiger partial charge on any atom is -0.462 e. The van der Waals surface area contributed by atoms with Crippen molar-refractivity contribution in [3.8, 4) is 0 Å². The van der Waals surface area contributed by atoms with Gasteiger partial charge in [0.2, 0.25) is 0 Å². The van der Waals surface area contributed by atoms with Gasteiger partial charge in [-0.15, -0.1) is 0 Å². The molecule has 1 aliphatic heterocycles. The maximum Gasteiger partial charge on any atom is 0.338 e. The van der Waals surface area contributed by atoms with Gasteiger partial charge in [0.05, 0.1) is 12.2 Å². The number of ether oxygens (including phenoxy) is 1. The first-order chi connectivity index (χ1) is 12.6. The number of nitrogens with zero attached hydrogens (tertiary/aromatic N) is 1. The summed E-state index contributed by atoms with van der Waals surface area (Å²) >= 11 is 0. The van der Waals surface area contributed by atoms with Crippen molar-refractivity contribution in [3.63, 3.8) is 0 Å². The molecule has 1 aliphatic rings. The number of esters is 1. The van der Waals surface area contributed by atoms with Crippen molar-refractivity contribution in [2.75, 3.05) is 26.3 Å². The van der Waals surface area contributed by atoms with Crippen LogP contribution in [0, 0.1) is 12.8 Å². The fourth-order valence-corrected chi connectivity index (χ4v) is 3.85. The van der Waals surface area contributed by atoms with Gasteiger partial charge in [0, 0.05) is 38.1 Å². The molecule has 2 aromatic rings. The van der Waals surface area contributed by atoms with Gasteiger partial charge in [-0.05, 0) is 31.0 Å². The van der Waals surface area contributed by atoms with Crippen LogP contribution in [-0.2, 0) is 11.3 Å². The number of carbonyl (C=O) groups excluding carboxylic acids is 1. The van der Waals surface area contributed by atoms with E-state index in [1.165, 1.54) is 5.56 Å². The Morgan fingerprint density at radius 1 is 1.19 bits per heavy atom. The van der Waals surface area contributed by atoms with Crippen molar-refractivity contribution in [1.82, 2.24) is 4.90 Å². The first-order valence-corrected chi connectivity index (χ1v) is 9.27. The highest BCUT2D eigenvalue weighted by molar-refractivity contribution is 5.91. The molecule has 1 fully saturated rings. The monoisotopic (exact) mass is 353 g/mol. The van der Waals surface area contributed by atoms with Crippen molar-refractivity contribution >= 4 is 5.97 Å². The number of carbonyl (C=O) groups is 1. The summed E-state index contributed by atoms with van der Waals surface area (Å²) < 4.78 is 5.24. The molecule has 4 nitrogen and oxygen atoms in total. The number of hydrogen-bond acceptors (Lipinski definition) is 4. The Balaban J connectivity index is 1.85. The van der Waals surface area contributed by atoms with Crippen LogP contribution in [0.2, 0.25) is 0 Å². The summed E-state index contributed by atoms with van der Waals surface area (Å²) in [6.07, 6.45) is 0. The molecule has 0 aromatic heterocycles. The third-order valence-corrected chi connectivity index (χ3v) is 5.10. The molecule has 1 saturated heterocycles. The highest BCUT2D eigenvalue weighted by atomic mass is 16.5. The molecule has 0 amide bonds. The first kappa shape index (κ1) is 18.6. The van der Waals surface area contributed by atoms with Crippen molar-refractivity contribution < 1.29 is 14.6 Å². The standard InChI is InChI=1S/C22H27NO3/c1-3-26-22(25)19-10-9-16(2)11-20(19)21-14-23(13-18(21)15-24)12-17-7-5-4-6-8-17/h4-11,18,21,24H,3,12-15H2,1-2H3/t18-,21+/m0/s1. The second-order valence-corrected chi connectivity index (χ2v) is 7.04. The van der Waals surface area contributed by atoms with Crippen LogP contribution in [0.25, 0.3) is 0 Å². The molecule has 26 heavy (non-hydrogen) atoms. The molecule has 0 saturated carbocycles. The zero-order valence-corrected chi connectivity index (χ0v) is 15.5. The van der Waals surface area contributed by atoms with Gasteiger partial charge in [-0.1, -0.05) is 48.0 Å². The lowest BCUT2D eigenvalue weighted by molar-refractivity contribution is 0.0524.